The van der Waals surface area contributed by atoms with Gasteiger partial charge in [-0.05, 0) is 58.4 Å². The van der Waals surface area contributed by atoms with Gasteiger partial charge in [0, 0.05) is 26.9 Å². The summed E-state index contributed by atoms with van der Waals surface area (Å²) in [4.78, 5) is 74.5. The first-order valence-electron chi connectivity index (χ1n) is 21.7. The highest BCUT2D eigenvalue weighted by Crippen LogP contribution is 2.45. The summed E-state index contributed by atoms with van der Waals surface area (Å²) in [6, 6.07) is 17.3. The smallest absolute Gasteiger partial charge is 0.407 e. The third-order valence-electron chi connectivity index (χ3n) is 13.2. The molecule has 4 atom stereocenters. The van der Waals surface area contributed by atoms with Crippen molar-refractivity contribution in [3.8, 4) is 22.3 Å². The van der Waals surface area contributed by atoms with Crippen molar-refractivity contribution < 1.29 is 48.3 Å². The van der Waals surface area contributed by atoms with Gasteiger partial charge in [-0.2, -0.15) is 0 Å². The van der Waals surface area contributed by atoms with E-state index in [1.807, 2.05) is 88.4 Å². The van der Waals surface area contributed by atoms with Crippen LogP contribution >= 0.6 is 0 Å². The molecule has 4 aliphatic heterocycles. The van der Waals surface area contributed by atoms with Gasteiger partial charge in [0.15, 0.2) is 11.6 Å². The summed E-state index contributed by atoms with van der Waals surface area (Å²) >= 11 is 0. The molecular formula is C46H54N8O10. The van der Waals surface area contributed by atoms with Crippen LogP contribution in [-0.2, 0) is 28.5 Å². The zero-order valence-electron chi connectivity index (χ0n) is 36.7. The van der Waals surface area contributed by atoms with E-state index in [9.17, 15) is 29.4 Å². The number of carbonyl (C=O) groups excluding carboxylic acids is 2. The number of nitrogens with one attached hydrogen (secondary N) is 2. The Morgan fingerprint density at radius 3 is 1.28 bits per heavy atom. The van der Waals surface area contributed by atoms with E-state index >= 15 is 0 Å². The fourth-order valence-electron chi connectivity index (χ4n) is 10.00. The lowest BCUT2D eigenvalue weighted by Gasteiger charge is -2.33. The van der Waals surface area contributed by atoms with Gasteiger partial charge in [0.1, 0.15) is 23.7 Å². The molecule has 4 aliphatic rings. The normalized spacial score (nSPS) is 21.2. The predicted octanol–water partition coefficient (Wildman–Crippen LogP) is 6.08. The van der Waals surface area contributed by atoms with Crippen molar-refractivity contribution in [1.29, 1.82) is 0 Å². The van der Waals surface area contributed by atoms with Crippen molar-refractivity contribution in [2.24, 2.45) is 11.8 Å². The van der Waals surface area contributed by atoms with Gasteiger partial charge in [0.2, 0.25) is 11.8 Å². The number of likely N-dealkylation sites (N-methyl/N-ethyl adjacent to an activating group) is 2. The van der Waals surface area contributed by atoms with Crippen LogP contribution in [0, 0.1) is 11.8 Å². The zero-order valence-corrected chi connectivity index (χ0v) is 36.7. The lowest BCUT2D eigenvalue weighted by atomic mass is 10.00. The van der Waals surface area contributed by atoms with Crippen LogP contribution in [0.5, 0.6) is 0 Å². The van der Waals surface area contributed by atoms with Gasteiger partial charge < -0.3 is 48.9 Å². The summed E-state index contributed by atoms with van der Waals surface area (Å²) < 4.78 is 24.2. The van der Waals surface area contributed by atoms with Gasteiger partial charge >= 0.3 is 12.2 Å². The number of rotatable bonds is 10. The number of amides is 4. The Hall–Kier alpha value is -6.08. The van der Waals surface area contributed by atoms with Gasteiger partial charge in [-0.15, -0.1) is 0 Å². The van der Waals surface area contributed by atoms with E-state index in [1.54, 1.807) is 9.80 Å². The summed E-state index contributed by atoms with van der Waals surface area (Å²) in [5.74, 6) is -2.03. The second-order valence-electron chi connectivity index (χ2n) is 18.0. The monoisotopic (exact) mass is 878 g/mol. The molecule has 6 heterocycles. The number of carboxylic acid groups (broad SMARTS) is 2. The van der Waals surface area contributed by atoms with E-state index in [1.165, 1.54) is 14.1 Å². The SMILES string of the molecule is CC(C)[C@@H](C(=O)N1CC2(C[C@H]1c1nc3cc(-c4ccc(-c5ccc6[nH]c([C@@H]7CC8(CN7C(=O)[C@H](C(C)C)N(C)C(=O)O)OCCO8)nc6c5)cc4)ccc3[nH]1)OCCO2)N(C)C(=O)O. The first-order chi connectivity index (χ1) is 30.6. The molecule has 2 aromatic heterocycles. The van der Waals surface area contributed by atoms with Crippen molar-refractivity contribution in [3.05, 3.63) is 72.3 Å². The molecule has 338 valence electrons. The second kappa shape index (κ2) is 16.5. The second-order valence-corrected chi connectivity index (χ2v) is 18.0. The number of aromatic amines is 2. The largest absolute Gasteiger partial charge is 0.465 e. The summed E-state index contributed by atoms with van der Waals surface area (Å²) in [7, 11) is 2.83. The summed E-state index contributed by atoms with van der Waals surface area (Å²) in [6.45, 7) is 9.27. The van der Waals surface area contributed by atoms with E-state index in [4.69, 9.17) is 28.9 Å². The molecule has 3 aromatic carbocycles. The fourth-order valence-corrected chi connectivity index (χ4v) is 10.00. The van der Waals surface area contributed by atoms with Crippen LogP contribution in [0.3, 0.4) is 0 Å². The number of nitrogens with zero attached hydrogens (tertiary/aromatic N) is 6. The molecule has 0 unspecified atom stereocenters. The molecule has 4 amide bonds. The van der Waals surface area contributed by atoms with Crippen molar-refractivity contribution in [1.82, 2.24) is 39.5 Å². The average molecular weight is 879 g/mol. The van der Waals surface area contributed by atoms with E-state index in [2.05, 4.69) is 9.97 Å². The third-order valence-corrected chi connectivity index (χ3v) is 13.2. The molecule has 4 N–H and O–H groups in total. The maximum absolute atomic E-state index is 14.1. The Bertz CT molecular complexity index is 2420. The lowest BCUT2D eigenvalue weighted by molar-refractivity contribution is -0.155. The van der Waals surface area contributed by atoms with Crippen LogP contribution in [0.2, 0.25) is 0 Å². The highest BCUT2D eigenvalue weighted by molar-refractivity contribution is 5.88. The minimum atomic E-state index is -1.18. The molecule has 0 radical (unpaired) electrons. The van der Waals surface area contributed by atoms with Gasteiger partial charge in [0.25, 0.3) is 0 Å². The Kier molecular flexibility index (Phi) is 11.1. The number of H-pyrrole nitrogens is 2. The molecule has 64 heavy (non-hydrogen) atoms. The Morgan fingerprint density at radius 1 is 0.609 bits per heavy atom. The zero-order chi connectivity index (χ0) is 45.2. The summed E-state index contributed by atoms with van der Waals surface area (Å²) in [6.07, 6.45) is -1.65. The first kappa shape index (κ1) is 43.2. The lowest BCUT2D eigenvalue weighted by Crippen LogP contribution is -2.52. The van der Waals surface area contributed by atoms with E-state index in [0.29, 0.717) is 62.0 Å². The first-order valence-corrected chi connectivity index (χ1v) is 21.7. The molecule has 18 heteroatoms. The standard InChI is InChI=1S/C46H54N8O10/c1-25(2)37(51(5)43(57)58)41(55)53-23-45(61-15-16-62-45)21-35(53)39-47-31-13-11-29(19-33(31)49-39)27-7-9-28(10-8-27)30-12-14-32-34(20-30)50-40(48-32)36-22-46(63-17-18-64-46)24-54(36)42(56)38(26(3)4)52(6)44(59)60/h7-14,19-20,25-26,35-38H,15-18,21-24H2,1-6H3,(H,47,49)(H,48,50)(H,57,58)(H,59,60)/t35-,36-,37-,38-/m0/s1. The minimum absolute atomic E-state index is 0.161. The maximum atomic E-state index is 14.1. The van der Waals surface area contributed by atoms with Gasteiger partial charge in [0.05, 0.1) is 73.7 Å². The number of aromatic nitrogens is 4. The minimum Gasteiger partial charge on any atom is -0.465 e. The molecule has 4 saturated heterocycles. The molecule has 0 saturated carbocycles. The summed E-state index contributed by atoms with van der Waals surface area (Å²) in [5, 5.41) is 19.6. The van der Waals surface area contributed by atoms with Gasteiger partial charge in [-0.3, -0.25) is 19.4 Å². The molecule has 0 aliphatic carbocycles. The van der Waals surface area contributed by atoms with Crippen LogP contribution in [0.4, 0.5) is 9.59 Å². The van der Waals surface area contributed by atoms with Crippen molar-refractivity contribution in [2.75, 3.05) is 53.6 Å². The van der Waals surface area contributed by atoms with E-state index in [-0.39, 0.29) is 36.7 Å². The van der Waals surface area contributed by atoms with Crippen molar-refractivity contribution in [3.63, 3.8) is 0 Å². The highest BCUT2D eigenvalue weighted by Gasteiger charge is 2.55. The number of benzene rings is 3. The number of carbonyl (C=O) groups is 4. The average Bonchev–Trinajstić information content (AvgIpc) is 4.14. The molecule has 4 fully saturated rings. The van der Waals surface area contributed by atoms with Gasteiger partial charge in [-0.1, -0.05) is 64.1 Å². The topological polar surface area (TPSA) is 216 Å². The Morgan fingerprint density at radius 2 is 0.953 bits per heavy atom. The number of fused-ring (bicyclic) bond motifs is 2. The maximum Gasteiger partial charge on any atom is 0.407 e. The van der Waals surface area contributed by atoms with E-state index in [0.717, 1.165) is 43.1 Å². The Balaban J connectivity index is 0.955. The van der Waals surface area contributed by atoms with Crippen LogP contribution in [-0.4, -0.2) is 151 Å². The Labute approximate surface area is 369 Å². The van der Waals surface area contributed by atoms with Crippen LogP contribution in [0.25, 0.3) is 44.3 Å². The molecule has 5 aromatic rings. The molecule has 0 bridgehead atoms. The fraction of sp³-hybridized carbons (Fsp3) is 0.478. The quantitative estimate of drug-likeness (QED) is 0.126. The number of hydrogen-bond acceptors (Lipinski definition) is 10. The van der Waals surface area contributed by atoms with E-state index < -0.39 is 47.9 Å². The molecule has 9 rings (SSSR count). The number of ether oxygens (including phenoxy) is 4. The third kappa shape index (κ3) is 7.71. The molecule has 18 nitrogen and oxygen atoms in total. The molecular weight excluding hydrogens is 825 g/mol. The van der Waals surface area contributed by atoms with Crippen LogP contribution in [0.15, 0.2) is 60.7 Å². The number of imidazole rings is 2. The number of hydrogen-bond donors (Lipinski definition) is 4. The van der Waals surface area contributed by atoms with Crippen LogP contribution in [0.1, 0.15) is 64.3 Å². The predicted molar refractivity (Wildman–Crippen MR) is 233 cm³/mol. The van der Waals surface area contributed by atoms with Crippen molar-refractivity contribution >= 4 is 46.1 Å². The summed E-state index contributed by atoms with van der Waals surface area (Å²) in [5.41, 5.74) is 6.87. The van der Waals surface area contributed by atoms with Crippen molar-refractivity contribution in [2.45, 2.75) is 76.3 Å². The molecule has 2 spiro atoms. The highest BCUT2D eigenvalue weighted by atomic mass is 16.7. The number of likely N-dealkylation sites (tertiary alicyclic amines) is 2. The van der Waals surface area contributed by atoms with Gasteiger partial charge in [-0.25, -0.2) is 19.6 Å². The van der Waals surface area contributed by atoms with Crippen LogP contribution < -0.4 is 0 Å².